The zero-order valence-corrected chi connectivity index (χ0v) is 65.2. The lowest BCUT2D eigenvalue weighted by Gasteiger charge is -2.54. The van der Waals surface area contributed by atoms with Crippen molar-refractivity contribution in [3.8, 4) is 46.0 Å². The van der Waals surface area contributed by atoms with Crippen LogP contribution in [0.25, 0.3) is 11.1 Å². The molecule has 0 amide bonds. The number of rotatable bonds is 10. The van der Waals surface area contributed by atoms with Crippen LogP contribution in [-0.4, -0.2) is 104 Å². The maximum atomic E-state index is 11.9. The minimum atomic E-state index is -0.940. The molecule has 0 radical (unpaired) electrons. The van der Waals surface area contributed by atoms with Crippen molar-refractivity contribution in [3.05, 3.63) is 105 Å². The van der Waals surface area contributed by atoms with Crippen LogP contribution in [0.15, 0.2) is 60.7 Å². The number of hydrogen-bond donors (Lipinski definition) is 3. The number of aryl methyl sites for hydroxylation is 4. The van der Waals surface area contributed by atoms with Gasteiger partial charge in [0.15, 0.2) is 46.0 Å². The molecule has 19 nitrogen and oxygen atoms in total. The summed E-state index contributed by atoms with van der Waals surface area (Å²) in [6.07, 6.45) is 25.9. The zero-order chi connectivity index (χ0) is 76.6. The molecule has 10 unspecified atom stereocenters. The summed E-state index contributed by atoms with van der Waals surface area (Å²) in [4.78, 5) is 69.0. The Bertz CT molecular complexity index is 4210. The molecule has 6 saturated carbocycles. The van der Waals surface area contributed by atoms with Gasteiger partial charge < -0.3 is 62.7 Å². The van der Waals surface area contributed by atoms with E-state index in [1.54, 1.807) is 21.3 Å². The Balaban J connectivity index is 0.000000127. The lowest BCUT2D eigenvalue weighted by atomic mass is 9.53. The topological polar surface area (TPSA) is 255 Å². The highest BCUT2D eigenvalue weighted by atomic mass is 16.6. The van der Waals surface area contributed by atoms with Crippen LogP contribution in [0.2, 0.25) is 0 Å². The van der Waals surface area contributed by atoms with E-state index < -0.39 is 11.6 Å². The third-order valence-corrected chi connectivity index (χ3v) is 28.5. The predicted octanol–water partition coefficient (Wildman–Crippen LogP) is 15.8. The van der Waals surface area contributed by atoms with E-state index in [2.05, 4.69) is 45.9 Å². The summed E-state index contributed by atoms with van der Waals surface area (Å²) in [6, 6.07) is 15.6. The van der Waals surface area contributed by atoms with Crippen molar-refractivity contribution in [2.45, 2.75) is 246 Å². The first-order valence-corrected chi connectivity index (χ1v) is 39.3. The van der Waals surface area contributed by atoms with Crippen LogP contribution < -0.4 is 33.2 Å². The third kappa shape index (κ3) is 14.1. The summed E-state index contributed by atoms with van der Waals surface area (Å²) < 4.78 is 54.9. The first-order chi connectivity index (χ1) is 50.9. The molecule has 6 fully saturated rings. The zero-order valence-electron chi connectivity index (χ0n) is 65.2. The number of carbonyl (C=O) groups excluding carboxylic acids is 6. The standard InChI is InChI=1S/C23H30O6.C23H30O5.C23H28O5.C19H24O3/c1-13(24)28-20-11-15-5-6-17-16-7-8-21(29-14(2)25)22(16,3)9-10-23(17,26)18(15)12-19(20)27-4;2*1-13(24)27-21-11-15-5-6-17-16(18(15)12-20(21)26-4)9-10-23(3)19(17)7-8-22(23)28-14(2)25;1-19-8-7-12-13(15(19)5-6-18(19)21)4-3-11-9-16(20)17(22-2)10-14(11)12/h11-12,16-17,21,26H,5-10H2,1-4H3;11-12,16-17,19,22H,5-10H2,1-4H3;9,11-12,17,19,22H,5-8,10H2,1-4H3;7,9-10,13,15,18,20-21H,3-6,8H2,1-2H3/t16?,17?,21-,22-,23?;16?,17?,19?,22-,23-;17?,19?,22-,23-;13?,15?,18-,19-/m0000/s1. The molecule has 19 heteroatoms. The smallest absolute Gasteiger partial charge is 0.308 e. The average molecular weight is 1470 g/mol. The van der Waals surface area contributed by atoms with Gasteiger partial charge in [0.05, 0.1) is 40.1 Å². The Hall–Kier alpha value is -7.90. The molecule has 107 heavy (non-hydrogen) atoms. The number of aliphatic hydroxyl groups excluding tert-OH is 1. The second-order valence-corrected chi connectivity index (χ2v) is 34.0. The lowest BCUT2D eigenvalue weighted by Crippen LogP contribution is -2.53. The molecule has 16 rings (SSSR count). The SMILES string of the molecule is COc1cc2c(cc1O)CCC1C2=CC[C@@]2(C)C1CC[C@@H]2O.COc1cc2c(cc1OC(C)=O)CCC1C2=CC[C@@]2(C)C1CC[C@@H]2OC(C)=O.COc1cc2c(cc1OC(C)=O)CCC1C2CC[C@@]2(C)C1CC[C@@H]2OC(C)=O.COc1cc2c(cc1OC(C)=O)CCC1C3CC[C@H](OC(C)=O)[C@@]3(C)CCC21O. The van der Waals surface area contributed by atoms with Gasteiger partial charge in [-0.25, -0.2) is 0 Å². The molecular formula is C88H112O19. The molecule has 4 aromatic rings. The molecule has 0 aliphatic heterocycles. The van der Waals surface area contributed by atoms with E-state index in [-0.39, 0.29) is 87.6 Å². The molecular weight excluding hydrogens is 1360 g/mol. The van der Waals surface area contributed by atoms with Crippen LogP contribution in [0.5, 0.6) is 46.0 Å². The molecule has 0 bridgehead atoms. The van der Waals surface area contributed by atoms with Gasteiger partial charge in [0.2, 0.25) is 0 Å². The number of hydrogen-bond acceptors (Lipinski definition) is 19. The molecule has 0 aromatic heterocycles. The quantitative estimate of drug-likeness (QED) is 0.0757. The van der Waals surface area contributed by atoms with Gasteiger partial charge >= 0.3 is 35.8 Å². The van der Waals surface area contributed by atoms with Gasteiger partial charge in [-0.05, 0) is 299 Å². The number of methoxy groups -OCH3 is 4. The normalized spacial score (nSPS) is 33.6. The second-order valence-electron chi connectivity index (χ2n) is 34.0. The Morgan fingerprint density at radius 1 is 0.383 bits per heavy atom. The van der Waals surface area contributed by atoms with Crippen molar-refractivity contribution in [1.29, 1.82) is 0 Å². The summed E-state index contributed by atoms with van der Waals surface area (Å²) in [5.74, 6) is 6.45. The highest BCUT2D eigenvalue weighted by Gasteiger charge is 2.62. The largest absolute Gasteiger partial charge is 0.504 e. The number of esters is 6. The fraction of sp³-hybridized carbons (Fsp3) is 0.614. The number of phenolic OH excluding ortho intramolecular Hbond substituents is 1. The van der Waals surface area contributed by atoms with Crippen LogP contribution in [0.4, 0.5) is 0 Å². The molecule has 0 heterocycles. The number of ether oxygens (including phenoxy) is 10. The number of aromatic hydroxyl groups is 1. The van der Waals surface area contributed by atoms with E-state index in [1.807, 2.05) is 42.5 Å². The van der Waals surface area contributed by atoms with Crippen molar-refractivity contribution in [2.75, 3.05) is 28.4 Å². The molecule has 0 spiro atoms. The number of aliphatic hydroxyl groups is 2. The second kappa shape index (κ2) is 30.2. The van der Waals surface area contributed by atoms with Gasteiger partial charge in [0.25, 0.3) is 0 Å². The van der Waals surface area contributed by atoms with E-state index in [1.165, 1.54) is 93.2 Å². The van der Waals surface area contributed by atoms with Crippen LogP contribution in [-0.2, 0) is 74.3 Å². The summed E-state index contributed by atoms with van der Waals surface area (Å²) in [5.41, 5.74) is 11.3. The van der Waals surface area contributed by atoms with Crippen LogP contribution in [0.3, 0.4) is 0 Å². The van der Waals surface area contributed by atoms with Crippen molar-refractivity contribution in [2.24, 2.45) is 69.0 Å². The van der Waals surface area contributed by atoms with Crippen molar-refractivity contribution in [1.82, 2.24) is 0 Å². The minimum absolute atomic E-state index is 0.00933. The number of phenols is 1. The summed E-state index contributed by atoms with van der Waals surface area (Å²) >= 11 is 0. The molecule has 12 aliphatic carbocycles. The Labute approximate surface area is 630 Å². The van der Waals surface area contributed by atoms with E-state index >= 15 is 0 Å². The average Bonchev–Trinajstić information content (AvgIpc) is 1.68. The molecule has 18 atom stereocenters. The third-order valence-electron chi connectivity index (χ3n) is 28.5. The summed E-state index contributed by atoms with van der Waals surface area (Å²) in [5, 5.41) is 32.3. The number of carbonyl (C=O) groups is 6. The maximum Gasteiger partial charge on any atom is 0.308 e. The molecule has 0 saturated heterocycles. The predicted molar refractivity (Wildman–Crippen MR) is 401 cm³/mol. The molecule has 578 valence electrons. The van der Waals surface area contributed by atoms with E-state index in [0.29, 0.717) is 94.0 Å². The monoisotopic (exact) mass is 1470 g/mol. The van der Waals surface area contributed by atoms with Crippen molar-refractivity contribution < 1.29 is 91.5 Å². The van der Waals surface area contributed by atoms with Gasteiger partial charge in [-0.3, -0.25) is 28.8 Å². The van der Waals surface area contributed by atoms with E-state index in [0.717, 1.165) is 146 Å². The first-order valence-electron chi connectivity index (χ1n) is 39.3. The number of fused-ring (bicyclic) bond motifs is 20. The van der Waals surface area contributed by atoms with Crippen molar-refractivity contribution >= 4 is 47.0 Å². The van der Waals surface area contributed by atoms with Crippen LogP contribution >= 0.6 is 0 Å². The van der Waals surface area contributed by atoms with Crippen LogP contribution in [0.1, 0.15) is 235 Å². The van der Waals surface area contributed by atoms with Gasteiger partial charge in [0.1, 0.15) is 18.3 Å². The van der Waals surface area contributed by atoms with Crippen molar-refractivity contribution in [3.63, 3.8) is 0 Å². The molecule has 4 aromatic carbocycles. The van der Waals surface area contributed by atoms with Gasteiger partial charge in [-0.15, -0.1) is 0 Å². The highest BCUT2D eigenvalue weighted by Crippen LogP contribution is 2.66. The lowest BCUT2D eigenvalue weighted by molar-refractivity contribution is -0.167. The maximum absolute atomic E-state index is 11.9. The Morgan fingerprint density at radius 3 is 1.37 bits per heavy atom. The van der Waals surface area contributed by atoms with Gasteiger partial charge in [-0.1, -0.05) is 39.8 Å². The number of allylic oxidation sites excluding steroid dienone is 4. The number of benzene rings is 4. The fourth-order valence-corrected chi connectivity index (χ4v) is 23.4. The Kier molecular flexibility index (Phi) is 21.8. The Morgan fingerprint density at radius 2 is 0.822 bits per heavy atom. The van der Waals surface area contributed by atoms with E-state index in [4.69, 9.17) is 47.4 Å². The van der Waals surface area contributed by atoms with Crippen LogP contribution in [0, 0.1) is 69.0 Å². The molecule has 12 aliphatic rings. The summed E-state index contributed by atoms with van der Waals surface area (Å²) in [7, 11) is 6.36. The minimum Gasteiger partial charge on any atom is -0.504 e. The van der Waals surface area contributed by atoms with Gasteiger partial charge in [-0.2, -0.15) is 0 Å². The fourth-order valence-electron chi connectivity index (χ4n) is 23.4. The van der Waals surface area contributed by atoms with E-state index in [9.17, 15) is 44.1 Å². The molecule has 3 N–H and O–H groups in total. The van der Waals surface area contributed by atoms with Gasteiger partial charge in [0, 0.05) is 63.2 Å². The highest BCUT2D eigenvalue weighted by molar-refractivity contribution is 5.79. The summed E-state index contributed by atoms with van der Waals surface area (Å²) in [6.45, 7) is 17.8. The first kappa shape index (κ1) is 77.3.